The number of ketones is 1. The lowest BCUT2D eigenvalue weighted by Crippen LogP contribution is -2.13. The third-order valence-corrected chi connectivity index (χ3v) is 5.06. The van der Waals surface area contributed by atoms with Gasteiger partial charge in [0.1, 0.15) is 11.5 Å². The van der Waals surface area contributed by atoms with Gasteiger partial charge in [-0.3, -0.25) is 9.48 Å². The number of amides is 1. The Morgan fingerprint density at radius 3 is 2.70 bits per heavy atom. The molecule has 3 rings (SSSR count). The molecule has 0 fully saturated rings. The van der Waals surface area contributed by atoms with Crippen LogP contribution in [-0.2, 0) is 11.3 Å². The highest BCUT2D eigenvalue weighted by atomic mass is 32.1. The van der Waals surface area contributed by atoms with Crippen molar-refractivity contribution < 1.29 is 9.59 Å². The molecular weight excluding hydrogens is 360 g/mol. The summed E-state index contributed by atoms with van der Waals surface area (Å²) in [5.74, 6) is -0.0365. The number of rotatable bonds is 8. The number of hydrogen-bond donors (Lipinski definition) is 1. The van der Waals surface area contributed by atoms with Crippen molar-refractivity contribution in [2.75, 3.05) is 5.32 Å². The lowest BCUT2D eigenvalue weighted by atomic mass is 10.1. The quantitative estimate of drug-likeness (QED) is 0.588. The molecule has 140 valence electrons. The van der Waals surface area contributed by atoms with Gasteiger partial charge < -0.3 is 10.1 Å². The summed E-state index contributed by atoms with van der Waals surface area (Å²) in [6.07, 6.45) is 5.74. The highest BCUT2D eigenvalue weighted by Crippen LogP contribution is 2.30. The van der Waals surface area contributed by atoms with Crippen molar-refractivity contribution in [2.24, 2.45) is 0 Å². The maximum Gasteiger partial charge on any atom is 0.275 e. The number of nitrogens with one attached hydrogen (secondary N) is 1. The zero-order valence-corrected chi connectivity index (χ0v) is 16.3. The van der Waals surface area contributed by atoms with E-state index >= 15 is 0 Å². The minimum atomic E-state index is -0.241. The van der Waals surface area contributed by atoms with Crippen LogP contribution in [0, 0.1) is 6.92 Å². The molecule has 0 saturated heterocycles. The van der Waals surface area contributed by atoms with E-state index in [2.05, 4.69) is 15.4 Å². The standard InChI is InChI=1S/C20H22N4O2S/c1-14(25)8-6-7-11-24-13-17(12-21-24)23-20(26)18-19(27-15(2)22-18)16-9-4-3-5-10-16/h3-5,9-10,12-13H,6-8,11H2,1-2H3,(H,23,26). The highest BCUT2D eigenvalue weighted by molar-refractivity contribution is 7.15. The van der Waals surface area contributed by atoms with Crippen LogP contribution in [-0.4, -0.2) is 26.5 Å². The molecule has 2 heterocycles. The Morgan fingerprint density at radius 2 is 1.96 bits per heavy atom. The average Bonchev–Trinajstić information content (AvgIpc) is 3.26. The molecule has 27 heavy (non-hydrogen) atoms. The minimum Gasteiger partial charge on any atom is -0.318 e. The van der Waals surface area contributed by atoms with Crippen molar-refractivity contribution in [3.8, 4) is 10.4 Å². The molecule has 0 aliphatic rings. The summed E-state index contributed by atoms with van der Waals surface area (Å²) in [6.45, 7) is 4.21. The van der Waals surface area contributed by atoms with Crippen LogP contribution >= 0.6 is 11.3 Å². The van der Waals surface area contributed by atoms with Crippen molar-refractivity contribution in [3.05, 3.63) is 53.4 Å². The number of Topliss-reactive ketones (excluding diaryl/α,β-unsaturated/α-hetero) is 1. The van der Waals surface area contributed by atoms with Gasteiger partial charge in [-0.15, -0.1) is 11.3 Å². The Kier molecular flexibility index (Phi) is 6.13. The zero-order valence-electron chi connectivity index (χ0n) is 15.4. The van der Waals surface area contributed by atoms with E-state index in [4.69, 9.17) is 0 Å². The molecule has 3 aromatic rings. The molecule has 7 heteroatoms. The third-order valence-electron chi connectivity index (χ3n) is 4.04. The van der Waals surface area contributed by atoms with E-state index in [1.807, 2.05) is 37.3 Å². The average molecular weight is 382 g/mol. The molecule has 0 radical (unpaired) electrons. The zero-order chi connectivity index (χ0) is 19.2. The van der Waals surface area contributed by atoms with Crippen molar-refractivity contribution in [1.29, 1.82) is 0 Å². The van der Waals surface area contributed by atoms with Crippen LogP contribution in [0.5, 0.6) is 0 Å². The second kappa shape index (κ2) is 8.73. The van der Waals surface area contributed by atoms with Gasteiger partial charge in [-0.2, -0.15) is 5.10 Å². The predicted octanol–water partition coefficient (Wildman–Crippen LogP) is 4.33. The van der Waals surface area contributed by atoms with Gasteiger partial charge in [0.25, 0.3) is 5.91 Å². The van der Waals surface area contributed by atoms with Crippen molar-refractivity contribution in [2.45, 2.75) is 39.7 Å². The number of aromatic nitrogens is 3. The van der Waals surface area contributed by atoms with Crippen molar-refractivity contribution in [3.63, 3.8) is 0 Å². The monoisotopic (exact) mass is 382 g/mol. The van der Waals surface area contributed by atoms with E-state index in [0.29, 0.717) is 24.3 Å². The van der Waals surface area contributed by atoms with Crippen molar-refractivity contribution in [1.82, 2.24) is 14.8 Å². The first kappa shape index (κ1) is 19.0. The topological polar surface area (TPSA) is 76.9 Å². The van der Waals surface area contributed by atoms with Crippen LogP contribution in [0.2, 0.25) is 0 Å². The van der Waals surface area contributed by atoms with E-state index in [0.717, 1.165) is 28.3 Å². The van der Waals surface area contributed by atoms with Crippen LogP contribution < -0.4 is 5.32 Å². The molecule has 0 spiro atoms. The van der Waals surface area contributed by atoms with Gasteiger partial charge in [-0.1, -0.05) is 30.3 Å². The number of unbranched alkanes of at least 4 members (excludes halogenated alkanes) is 1. The SMILES string of the molecule is CC(=O)CCCCn1cc(NC(=O)c2nc(C)sc2-c2ccccc2)cn1. The first-order valence-corrected chi connectivity index (χ1v) is 9.70. The number of hydrogen-bond acceptors (Lipinski definition) is 5. The first-order chi connectivity index (χ1) is 13.0. The van der Waals surface area contributed by atoms with Gasteiger partial charge in [0, 0.05) is 19.2 Å². The molecule has 6 nitrogen and oxygen atoms in total. The number of nitrogens with zero attached hydrogens (tertiary/aromatic N) is 3. The summed E-state index contributed by atoms with van der Waals surface area (Å²) in [7, 11) is 0. The second-order valence-electron chi connectivity index (χ2n) is 6.38. The van der Waals surface area contributed by atoms with E-state index in [-0.39, 0.29) is 11.7 Å². The molecule has 2 aromatic heterocycles. The summed E-state index contributed by atoms with van der Waals surface area (Å²) < 4.78 is 1.78. The molecule has 0 saturated carbocycles. The Hall–Kier alpha value is -2.80. The van der Waals surface area contributed by atoms with E-state index < -0.39 is 0 Å². The first-order valence-electron chi connectivity index (χ1n) is 8.89. The molecule has 0 bridgehead atoms. The maximum atomic E-state index is 12.7. The molecular formula is C20H22N4O2S. The number of carbonyl (C=O) groups is 2. The number of thiazole rings is 1. The Labute approximate surface area is 162 Å². The maximum absolute atomic E-state index is 12.7. The van der Waals surface area contributed by atoms with Gasteiger partial charge in [0.05, 0.1) is 21.8 Å². The van der Waals surface area contributed by atoms with Gasteiger partial charge in [0.15, 0.2) is 0 Å². The van der Waals surface area contributed by atoms with E-state index in [1.165, 1.54) is 11.3 Å². The van der Waals surface area contributed by atoms with Crippen LogP contribution in [0.1, 0.15) is 41.7 Å². The number of benzene rings is 1. The third kappa shape index (κ3) is 5.10. The smallest absolute Gasteiger partial charge is 0.275 e. The van der Waals surface area contributed by atoms with Gasteiger partial charge in [0.2, 0.25) is 0 Å². The molecule has 1 N–H and O–H groups in total. The Bertz CT molecular complexity index is 931. The second-order valence-corrected chi connectivity index (χ2v) is 7.59. The lowest BCUT2D eigenvalue weighted by Gasteiger charge is -2.03. The van der Waals surface area contributed by atoms with Gasteiger partial charge >= 0.3 is 0 Å². The minimum absolute atomic E-state index is 0.205. The van der Waals surface area contributed by atoms with Crippen LogP contribution in [0.25, 0.3) is 10.4 Å². The number of carbonyl (C=O) groups excluding carboxylic acids is 2. The summed E-state index contributed by atoms with van der Waals surface area (Å²) in [5, 5.41) is 7.99. The van der Waals surface area contributed by atoms with E-state index in [9.17, 15) is 9.59 Å². The fraction of sp³-hybridized carbons (Fsp3) is 0.300. The summed E-state index contributed by atoms with van der Waals surface area (Å²) >= 11 is 1.51. The molecule has 1 amide bonds. The number of anilines is 1. The molecule has 0 aliphatic carbocycles. The Balaban J connectivity index is 1.66. The number of aryl methyl sites for hydroxylation is 2. The summed E-state index contributed by atoms with van der Waals surface area (Å²) in [6, 6.07) is 9.79. The highest BCUT2D eigenvalue weighted by Gasteiger charge is 2.18. The molecule has 0 unspecified atom stereocenters. The van der Waals surface area contributed by atoms with E-state index in [1.54, 1.807) is 24.0 Å². The fourth-order valence-corrected chi connectivity index (χ4v) is 3.68. The predicted molar refractivity (Wildman–Crippen MR) is 107 cm³/mol. The van der Waals surface area contributed by atoms with Gasteiger partial charge in [-0.25, -0.2) is 4.98 Å². The van der Waals surface area contributed by atoms with Gasteiger partial charge in [-0.05, 0) is 32.3 Å². The van der Waals surface area contributed by atoms with Crippen LogP contribution in [0.3, 0.4) is 0 Å². The molecule has 0 aliphatic heterocycles. The Morgan fingerprint density at radius 1 is 1.19 bits per heavy atom. The van der Waals surface area contributed by atoms with Crippen LogP contribution in [0.15, 0.2) is 42.7 Å². The van der Waals surface area contributed by atoms with Crippen LogP contribution in [0.4, 0.5) is 5.69 Å². The lowest BCUT2D eigenvalue weighted by molar-refractivity contribution is -0.117. The fourth-order valence-electron chi connectivity index (χ4n) is 2.75. The van der Waals surface area contributed by atoms with Crippen molar-refractivity contribution >= 4 is 28.7 Å². The summed E-state index contributed by atoms with van der Waals surface area (Å²) in [4.78, 5) is 29.0. The molecule has 1 aromatic carbocycles. The normalized spacial score (nSPS) is 10.7. The molecule has 0 atom stereocenters. The largest absolute Gasteiger partial charge is 0.318 e. The summed E-state index contributed by atoms with van der Waals surface area (Å²) in [5.41, 5.74) is 2.04.